The van der Waals surface area contributed by atoms with Crippen molar-refractivity contribution < 1.29 is 23.6 Å². The van der Waals surface area contributed by atoms with E-state index in [1.54, 1.807) is 42.1 Å². The predicted molar refractivity (Wildman–Crippen MR) is 228 cm³/mol. The highest BCUT2D eigenvalue weighted by molar-refractivity contribution is 6.05. The smallest absolute Gasteiger partial charge is 0.253 e. The molecule has 1 unspecified atom stereocenters. The second kappa shape index (κ2) is 16.5. The lowest BCUT2D eigenvalue weighted by Gasteiger charge is -2.34. The number of hydrogen-bond acceptors (Lipinski definition) is 7. The molecular formula is C47H51FN8O4. The van der Waals surface area contributed by atoms with Gasteiger partial charge in [-0.2, -0.15) is 0 Å². The van der Waals surface area contributed by atoms with Crippen LogP contribution in [0.1, 0.15) is 90.4 Å². The van der Waals surface area contributed by atoms with Crippen LogP contribution in [0.15, 0.2) is 79.1 Å². The Hall–Kier alpha value is -6.11. The molecule has 12 nitrogen and oxygen atoms in total. The second-order valence-corrected chi connectivity index (χ2v) is 17.1. The molecule has 310 valence electrons. The van der Waals surface area contributed by atoms with E-state index in [1.807, 2.05) is 17.0 Å². The summed E-state index contributed by atoms with van der Waals surface area (Å²) in [4.78, 5) is 56.8. The van der Waals surface area contributed by atoms with Gasteiger partial charge in [-0.05, 0) is 103 Å². The number of benzene rings is 3. The maximum atomic E-state index is 15.6. The van der Waals surface area contributed by atoms with E-state index in [0.29, 0.717) is 68.3 Å². The monoisotopic (exact) mass is 810 g/mol. The molecule has 3 aromatic carbocycles. The molecule has 4 aliphatic rings. The molecule has 2 saturated heterocycles. The number of anilines is 1. The molecule has 3 fully saturated rings. The zero-order valence-electron chi connectivity index (χ0n) is 34.3. The summed E-state index contributed by atoms with van der Waals surface area (Å²) in [6, 6.07) is 20.0. The SMILES string of the molecule is CN(C)C(=O)c1cc(-c2cccc(C3CCN(c4ccc(C5CCC(=O)NC5=O)cc4F)CC3)c2)c2c(c1)cc(C1=CCCN(C(=O)CCn3ccnn3)C1)n2CC1CC1. The zero-order chi connectivity index (χ0) is 41.5. The lowest BCUT2D eigenvalue weighted by molar-refractivity contribution is -0.134. The van der Waals surface area contributed by atoms with Crippen LogP contribution in [-0.2, 0) is 27.5 Å². The van der Waals surface area contributed by atoms with Gasteiger partial charge >= 0.3 is 0 Å². The number of nitrogens with zero attached hydrogens (tertiary/aromatic N) is 7. The minimum atomic E-state index is -0.525. The number of imide groups is 1. The Morgan fingerprint density at radius 2 is 1.77 bits per heavy atom. The van der Waals surface area contributed by atoms with Crippen LogP contribution in [0, 0.1) is 11.7 Å². The first-order chi connectivity index (χ1) is 29.1. The van der Waals surface area contributed by atoms with E-state index in [0.717, 1.165) is 59.1 Å². The molecule has 60 heavy (non-hydrogen) atoms. The van der Waals surface area contributed by atoms with Crippen LogP contribution < -0.4 is 10.2 Å². The highest BCUT2D eigenvalue weighted by Crippen LogP contribution is 2.41. The first kappa shape index (κ1) is 39.4. The summed E-state index contributed by atoms with van der Waals surface area (Å²) in [5.41, 5.74) is 8.36. The maximum absolute atomic E-state index is 15.6. The number of nitrogens with one attached hydrogen (secondary N) is 1. The number of aryl methyl sites for hydroxylation is 1. The summed E-state index contributed by atoms with van der Waals surface area (Å²) >= 11 is 0. The van der Waals surface area contributed by atoms with Crippen LogP contribution >= 0.6 is 0 Å². The third kappa shape index (κ3) is 8.09. The van der Waals surface area contributed by atoms with Crippen molar-refractivity contribution in [2.75, 3.05) is 45.2 Å². The molecule has 0 bridgehead atoms. The molecule has 0 spiro atoms. The minimum Gasteiger partial charge on any atom is -0.369 e. The Morgan fingerprint density at radius 3 is 2.50 bits per heavy atom. The van der Waals surface area contributed by atoms with Crippen LogP contribution in [0.25, 0.3) is 27.6 Å². The van der Waals surface area contributed by atoms with E-state index < -0.39 is 5.92 Å². The van der Waals surface area contributed by atoms with E-state index in [-0.39, 0.29) is 41.8 Å². The van der Waals surface area contributed by atoms with Gasteiger partial charge < -0.3 is 19.3 Å². The van der Waals surface area contributed by atoms with Crippen molar-refractivity contribution in [2.24, 2.45) is 5.92 Å². The van der Waals surface area contributed by atoms with E-state index >= 15 is 4.39 Å². The van der Waals surface area contributed by atoms with Crippen molar-refractivity contribution in [2.45, 2.75) is 76.3 Å². The first-order valence-electron chi connectivity index (χ1n) is 21.3. The molecular weight excluding hydrogens is 760 g/mol. The number of carbonyl (C=O) groups excluding carboxylic acids is 4. The van der Waals surface area contributed by atoms with E-state index in [4.69, 9.17) is 0 Å². The Kier molecular flexibility index (Phi) is 10.8. The standard InChI is InChI=1S/C47H51FN8O4/c1-52(2)47(60)37-24-36-27-42(35-7-4-18-54(29-35)44(58)16-21-55-22-17-49-51-55)56(28-30-8-9-30)45(36)39(25-37)33-6-3-5-32(23-33)31-14-19-53(20-15-31)41-12-10-34(26-40(41)48)38-11-13-43(57)50-46(38)59/h3,5-7,10,12,17,22-27,30-31,38H,4,8-9,11,13-16,18-21,28-29H2,1-2H3,(H,50,57,59). The lowest BCUT2D eigenvalue weighted by atomic mass is 9.87. The van der Waals surface area contributed by atoms with Crippen LogP contribution in [0.4, 0.5) is 10.1 Å². The fourth-order valence-electron chi connectivity index (χ4n) is 9.31. The molecule has 5 aromatic rings. The van der Waals surface area contributed by atoms with Crippen molar-refractivity contribution in [3.63, 3.8) is 0 Å². The summed E-state index contributed by atoms with van der Waals surface area (Å²) in [5, 5.41) is 11.3. The Balaban J connectivity index is 0.992. The van der Waals surface area contributed by atoms with Gasteiger partial charge in [-0.1, -0.05) is 41.6 Å². The average Bonchev–Trinajstić information content (AvgIpc) is 3.78. The van der Waals surface area contributed by atoms with Gasteiger partial charge in [0, 0.05) is 88.1 Å². The van der Waals surface area contributed by atoms with Crippen LogP contribution in [0.2, 0.25) is 0 Å². The molecule has 1 saturated carbocycles. The van der Waals surface area contributed by atoms with Crippen molar-refractivity contribution in [1.82, 2.24) is 34.7 Å². The Bertz CT molecular complexity index is 2500. The second-order valence-electron chi connectivity index (χ2n) is 17.1. The van der Waals surface area contributed by atoms with Crippen LogP contribution in [0.3, 0.4) is 0 Å². The van der Waals surface area contributed by atoms with Gasteiger partial charge in [0.05, 0.1) is 29.9 Å². The van der Waals surface area contributed by atoms with Crippen molar-refractivity contribution >= 4 is 45.8 Å². The highest BCUT2D eigenvalue weighted by Gasteiger charge is 2.31. The summed E-state index contributed by atoms with van der Waals surface area (Å²) in [7, 11) is 3.56. The maximum Gasteiger partial charge on any atom is 0.253 e. The topological polar surface area (TPSA) is 126 Å². The van der Waals surface area contributed by atoms with Gasteiger partial charge in [0.15, 0.2) is 0 Å². The fourth-order valence-corrected chi connectivity index (χ4v) is 9.31. The average molecular weight is 811 g/mol. The summed E-state index contributed by atoms with van der Waals surface area (Å²) in [6.45, 7) is 3.92. The van der Waals surface area contributed by atoms with Gasteiger partial charge in [0.2, 0.25) is 17.7 Å². The van der Waals surface area contributed by atoms with E-state index in [2.05, 4.69) is 67.6 Å². The quantitative estimate of drug-likeness (QED) is 0.146. The van der Waals surface area contributed by atoms with E-state index in [1.165, 1.54) is 24.5 Å². The molecule has 1 atom stereocenters. The third-order valence-electron chi connectivity index (χ3n) is 12.8. The molecule has 9 rings (SSSR count). The number of aromatic nitrogens is 4. The summed E-state index contributed by atoms with van der Waals surface area (Å²) < 4.78 is 19.7. The molecule has 1 aliphatic carbocycles. The molecule has 5 heterocycles. The number of rotatable bonds is 11. The Morgan fingerprint density at radius 1 is 0.933 bits per heavy atom. The van der Waals surface area contributed by atoms with Crippen molar-refractivity contribution in [3.05, 3.63) is 107 Å². The van der Waals surface area contributed by atoms with Crippen LogP contribution in [0.5, 0.6) is 0 Å². The largest absolute Gasteiger partial charge is 0.369 e. The summed E-state index contributed by atoms with van der Waals surface area (Å²) in [6.07, 6.45) is 11.5. The van der Waals surface area contributed by atoms with E-state index in [9.17, 15) is 19.2 Å². The molecule has 2 aromatic heterocycles. The molecule has 13 heteroatoms. The molecule has 1 N–H and O–H groups in total. The number of amides is 4. The van der Waals surface area contributed by atoms with Gasteiger partial charge in [-0.25, -0.2) is 4.39 Å². The predicted octanol–water partition coefficient (Wildman–Crippen LogP) is 6.76. The van der Waals surface area contributed by atoms with Crippen molar-refractivity contribution in [3.8, 4) is 11.1 Å². The summed E-state index contributed by atoms with van der Waals surface area (Å²) in [5.74, 6) is -0.651. The third-order valence-corrected chi connectivity index (χ3v) is 12.8. The minimum absolute atomic E-state index is 0.0587. The molecule has 0 radical (unpaired) electrons. The number of carbonyl (C=O) groups is 4. The normalized spacial score (nSPS) is 18.8. The van der Waals surface area contributed by atoms with Gasteiger partial charge in [-0.3, -0.25) is 29.2 Å². The van der Waals surface area contributed by atoms with Gasteiger partial charge in [0.1, 0.15) is 5.82 Å². The number of piperidine rings is 2. The van der Waals surface area contributed by atoms with Gasteiger partial charge in [0.25, 0.3) is 5.91 Å². The van der Waals surface area contributed by atoms with Crippen molar-refractivity contribution in [1.29, 1.82) is 0 Å². The fraction of sp³-hybridized carbons (Fsp3) is 0.404. The van der Waals surface area contributed by atoms with Crippen LogP contribution in [-0.4, -0.2) is 93.3 Å². The number of hydrogen-bond donors (Lipinski definition) is 1. The number of fused-ring (bicyclic) bond motifs is 1. The zero-order valence-corrected chi connectivity index (χ0v) is 34.3. The Labute approximate surface area is 349 Å². The van der Waals surface area contributed by atoms with Gasteiger partial charge in [-0.15, -0.1) is 5.10 Å². The first-order valence-corrected chi connectivity index (χ1v) is 21.3. The lowest BCUT2D eigenvalue weighted by Crippen LogP contribution is -2.39. The highest BCUT2D eigenvalue weighted by atomic mass is 19.1. The molecule has 3 aliphatic heterocycles. The number of halogens is 1. The molecule has 4 amide bonds.